The van der Waals surface area contributed by atoms with E-state index in [1.165, 1.54) is 6.20 Å². The van der Waals surface area contributed by atoms with Crippen LogP contribution in [0.2, 0.25) is 0 Å². The SMILES string of the molecule is CCn1nc[c]c1C(=O)NC. The Labute approximate surface area is 65.2 Å². The minimum atomic E-state index is -0.149. The number of rotatable bonds is 2. The van der Waals surface area contributed by atoms with Crippen molar-refractivity contribution in [1.29, 1.82) is 0 Å². The normalized spacial score (nSPS) is 9.64. The van der Waals surface area contributed by atoms with Gasteiger partial charge in [0, 0.05) is 19.7 Å². The zero-order chi connectivity index (χ0) is 8.27. The molecule has 1 N–H and O–H groups in total. The van der Waals surface area contributed by atoms with E-state index in [0.29, 0.717) is 12.2 Å². The summed E-state index contributed by atoms with van der Waals surface area (Å²) in [6.07, 6.45) is 1.49. The van der Waals surface area contributed by atoms with Crippen LogP contribution in [0, 0.1) is 6.07 Å². The molecule has 1 aromatic heterocycles. The van der Waals surface area contributed by atoms with Crippen LogP contribution in [-0.4, -0.2) is 22.7 Å². The van der Waals surface area contributed by atoms with Crippen LogP contribution in [0.25, 0.3) is 0 Å². The van der Waals surface area contributed by atoms with Gasteiger partial charge in [-0.05, 0) is 6.92 Å². The smallest absolute Gasteiger partial charge is 0.269 e. The predicted octanol–water partition coefficient (Wildman–Crippen LogP) is 0.0628. The molecule has 0 aliphatic carbocycles. The number of hydrogen-bond acceptors (Lipinski definition) is 2. The van der Waals surface area contributed by atoms with E-state index in [-0.39, 0.29) is 5.91 Å². The fraction of sp³-hybridized carbons (Fsp3) is 0.429. The van der Waals surface area contributed by atoms with Crippen LogP contribution in [-0.2, 0) is 6.54 Å². The number of nitrogens with one attached hydrogen (secondary N) is 1. The van der Waals surface area contributed by atoms with Crippen molar-refractivity contribution < 1.29 is 4.79 Å². The van der Waals surface area contributed by atoms with Gasteiger partial charge in [0.2, 0.25) is 0 Å². The molecule has 0 unspecified atom stereocenters. The van der Waals surface area contributed by atoms with Gasteiger partial charge in [0.15, 0.2) is 0 Å². The maximum absolute atomic E-state index is 11.1. The lowest BCUT2D eigenvalue weighted by molar-refractivity contribution is 0.0952. The maximum Gasteiger partial charge on any atom is 0.269 e. The standard InChI is InChI=1S/C7H10N3O/c1-3-10-6(4-5-9-10)7(11)8-2/h5H,3H2,1-2H3,(H,8,11). The number of carbonyl (C=O) groups is 1. The summed E-state index contributed by atoms with van der Waals surface area (Å²) < 4.78 is 1.60. The van der Waals surface area contributed by atoms with E-state index in [2.05, 4.69) is 16.5 Å². The van der Waals surface area contributed by atoms with Crippen molar-refractivity contribution >= 4 is 5.91 Å². The van der Waals surface area contributed by atoms with Gasteiger partial charge in [0.25, 0.3) is 5.91 Å². The van der Waals surface area contributed by atoms with Gasteiger partial charge in [0.05, 0.1) is 6.20 Å². The summed E-state index contributed by atoms with van der Waals surface area (Å²) in [5, 5.41) is 6.42. The molecule has 59 valence electrons. The number of aromatic nitrogens is 2. The third-order valence-corrected chi connectivity index (χ3v) is 1.40. The molecule has 0 spiro atoms. The molecule has 0 bridgehead atoms. The molecule has 1 amide bonds. The number of hydrogen-bond donors (Lipinski definition) is 1. The molecule has 0 aliphatic heterocycles. The molecule has 0 saturated carbocycles. The minimum Gasteiger partial charge on any atom is -0.354 e. The van der Waals surface area contributed by atoms with Crippen LogP contribution in [0.4, 0.5) is 0 Å². The monoisotopic (exact) mass is 152 g/mol. The lowest BCUT2D eigenvalue weighted by atomic mass is 10.4. The highest BCUT2D eigenvalue weighted by Gasteiger charge is 2.07. The molecule has 0 fully saturated rings. The lowest BCUT2D eigenvalue weighted by Crippen LogP contribution is -2.21. The summed E-state index contributed by atoms with van der Waals surface area (Å²) in [6, 6.07) is 2.75. The summed E-state index contributed by atoms with van der Waals surface area (Å²) in [5.74, 6) is -0.149. The molecular weight excluding hydrogens is 142 g/mol. The van der Waals surface area contributed by atoms with Crippen LogP contribution >= 0.6 is 0 Å². The first kappa shape index (κ1) is 7.78. The summed E-state index contributed by atoms with van der Waals surface area (Å²) in [7, 11) is 1.59. The zero-order valence-electron chi connectivity index (χ0n) is 6.59. The van der Waals surface area contributed by atoms with Crippen molar-refractivity contribution in [3.8, 4) is 0 Å². The van der Waals surface area contributed by atoms with E-state index >= 15 is 0 Å². The number of nitrogens with zero attached hydrogens (tertiary/aromatic N) is 2. The van der Waals surface area contributed by atoms with E-state index < -0.39 is 0 Å². The van der Waals surface area contributed by atoms with Crippen molar-refractivity contribution in [1.82, 2.24) is 15.1 Å². The first-order valence-electron chi connectivity index (χ1n) is 3.45. The molecule has 1 aromatic rings. The van der Waals surface area contributed by atoms with Gasteiger partial charge in [-0.2, -0.15) is 5.10 Å². The summed E-state index contributed by atoms with van der Waals surface area (Å²) >= 11 is 0. The average Bonchev–Trinajstić information content (AvgIpc) is 2.50. The van der Waals surface area contributed by atoms with Crippen molar-refractivity contribution in [2.45, 2.75) is 13.5 Å². The van der Waals surface area contributed by atoms with E-state index in [4.69, 9.17) is 0 Å². The van der Waals surface area contributed by atoms with E-state index in [1.54, 1.807) is 11.7 Å². The molecule has 4 nitrogen and oxygen atoms in total. The Morgan fingerprint density at radius 1 is 1.91 bits per heavy atom. The molecule has 0 aliphatic rings. The van der Waals surface area contributed by atoms with Crippen molar-refractivity contribution in [3.63, 3.8) is 0 Å². The van der Waals surface area contributed by atoms with Crippen LogP contribution in [0.1, 0.15) is 17.4 Å². The highest BCUT2D eigenvalue weighted by Crippen LogP contribution is 1.96. The zero-order valence-corrected chi connectivity index (χ0v) is 6.59. The van der Waals surface area contributed by atoms with Gasteiger partial charge in [-0.3, -0.25) is 9.48 Å². The van der Waals surface area contributed by atoms with Crippen molar-refractivity contribution in [2.75, 3.05) is 7.05 Å². The topological polar surface area (TPSA) is 46.9 Å². The van der Waals surface area contributed by atoms with Gasteiger partial charge < -0.3 is 5.32 Å². The lowest BCUT2D eigenvalue weighted by Gasteiger charge is -2.00. The second-order valence-electron chi connectivity index (χ2n) is 2.03. The van der Waals surface area contributed by atoms with Gasteiger partial charge in [0.1, 0.15) is 5.69 Å². The Kier molecular flexibility index (Phi) is 2.25. The van der Waals surface area contributed by atoms with Crippen LogP contribution in [0.3, 0.4) is 0 Å². The summed E-state index contributed by atoms with van der Waals surface area (Å²) in [5.41, 5.74) is 0.481. The predicted molar refractivity (Wildman–Crippen MR) is 40.1 cm³/mol. The third kappa shape index (κ3) is 1.39. The fourth-order valence-electron chi connectivity index (χ4n) is 0.833. The molecule has 1 rings (SSSR count). The quantitative estimate of drug-likeness (QED) is 0.651. The summed E-state index contributed by atoms with van der Waals surface area (Å²) in [4.78, 5) is 11.1. The van der Waals surface area contributed by atoms with E-state index in [9.17, 15) is 4.79 Å². The molecule has 1 radical (unpaired) electrons. The van der Waals surface area contributed by atoms with Gasteiger partial charge >= 0.3 is 0 Å². The maximum atomic E-state index is 11.1. The molecule has 0 atom stereocenters. The van der Waals surface area contributed by atoms with E-state index in [0.717, 1.165) is 0 Å². The Hall–Kier alpha value is -1.32. The van der Waals surface area contributed by atoms with Gasteiger partial charge in [-0.15, -0.1) is 0 Å². The van der Waals surface area contributed by atoms with Crippen molar-refractivity contribution in [2.24, 2.45) is 0 Å². The Bertz CT molecular complexity index is 254. The van der Waals surface area contributed by atoms with Gasteiger partial charge in [-0.25, -0.2) is 0 Å². The largest absolute Gasteiger partial charge is 0.354 e. The van der Waals surface area contributed by atoms with Crippen LogP contribution in [0.5, 0.6) is 0 Å². The molecule has 11 heavy (non-hydrogen) atoms. The summed E-state index contributed by atoms with van der Waals surface area (Å²) in [6.45, 7) is 2.61. The molecule has 0 aromatic carbocycles. The highest BCUT2D eigenvalue weighted by molar-refractivity contribution is 5.91. The fourth-order valence-corrected chi connectivity index (χ4v) is 0.833. The molecule has 1 heterocycles. The van der Waals surface area contributed by atoms with Crippen LogP contribution in [0.15, 0.2) is 6.20 Å². The second kappa shape index (κ2) is 3.18. The second-order valence-corrected chi connectivity index (χ2v) is 2.03. The third-order valence-electron chi connectivity index (χ3n) is 1.40. The van der Waals surface area contributed by atoms with Crippen LogP contribution < -0.4 is 5.32 Å². The van der Waals surface area contributed by atoms with E-state index in [1.807, 2.05) is 6.92 Å². The highest BCUT2D eigenvalue weighted by atomic mass is 16.1. The molecular formula is C7H10N3O. The average molecular weight is 152 g/mol. The number of carbonyl (C=O) groups excluding carboxylic acids is 1. The first-order valence-corrected chi connectivity index (χ1v) is 3.45. The minimum absolute atomic E-state index is 0.149. The Morgan fingerprint density at radius 2 is 2.64 bits per heavy atom. The Balaban J connectivity index is 2.92. The number of amides is 1. The number of aryl methyl sites for hydroxylation is 1. The Morgan fingerprint density at radius 3 is 3.18 bits per heavy atom. The molecule has 0 saturated heterocycles. The molecule has 4 heteroatoms. The van der Waals surface area contributed by atoms with Crippen molar-refractivity contribution in [3.05, 3.63) is 18.0 Å². The van der Waals surface area contributed by atoms with Gasteiger partial charge in [-0.1, -0.05) is 0 Å². The first-order chi connectivity index (χ1) is 5.29.